The summed E-state index contributed by atoms with van der Waals surface area (Å²) in [6, 6.07) is 0. The van der Waals surface area contributed by atoms with E-state index in [9.17, 15) is 8.42 Å². The summed E-state index contributed by atoms with van der Waals surface area (Å²) < 4.78 is 32.1. The zero-order chi connectivity index (χ0) is 14.0. The van der Waals surface area contributed by atoms with E-state index in [0.29, 0.717) is 28.7 Å². The molecule has 2 unspecified atom stereocenters. The molecule has 1 aliphatic carbocycles. The van der Waals surface area contributed by atoms with E-state index in [2.05, 4.69) is 25.8 Å². The molecule has 2 rings (SSSR count). The Morgan fingerprint density at radius 3 is 2.63 bits per heavy atom. The number of rotatable bonds is 4. The van der Waals surface area contributed by atoms with Crippen molar-refractivity contribution in [1.82, 2.24) is 9.88 Å². The maximum absolute atomic E-state index is 12.3. The van der Waals surface area contributed by atoms with Crippen LogP contribution in [0.3, 0.4) is 0 Å². The van der Waals surface area contributed by atoms with E-state index >= 15 is 0 Å². The summed E-state index contributed by atoms with van der Waals surface area (Å²) in [6.07, 6.45) is 4.54. The molecule has 1 aromatic rings. The van der Waals surface area contributed by atoms with Gasteiger partial charge in [0.25, 0.3) is 0 Å². The summed E-state index contributed by atoms with van der Waals surface area (Å²) in [5.74, 6) is 0.688. The number of nitrogens with zero attached hydrogens (tertiary/aromatic N) is 1. The summed E-state index contributed by atoms with van der Waals surface area (Å²) >= 11 is 3.63. The van der Waals surface area contributed by atoms with Gasteiger partial charge in [-0.2, -0.15) is 0 Å². The van der Waals surface area contributed by atoms with Crippen molar-refractivity contribution in [3.05, 3.63) is 11.5 Å². The molecule has 7 heteroatoms. The first kappa shape index (κ1) is 15.0. The average molecular weight is 351 g/mol. The highest BCUT2D eigenvalue weighted by Gasteiger charge is 2.28. The summed E-state index contributed by atoms with van der Waals surface area (Å²) in [7, 11) is -3.53. The third kappa shape index (κ3) is 3.38. The van der Waals surface area contributed by atoms with Crippen molar-refractivity contribution in [1.29, 1.82) is 0 Å². The second kappa shape index (κ2) is 5.93. The molecule has 108 valence electrons. The van der Waals surface area contributed by atoms with Crippen LogP contribution in [0.25, 0.3) is 0 Å². The molecule has 1 heterocycles. The van der Waals surface area contributed by atoms with Crippen molar-refractivity contribution >= 4 is 26.0 Å². The van der Waals surface area contributed by atoms with Crippen LogP contribution in [0.2, 0.25) is 0 Å². The second-order valence-electron chi connectivity index (χ2n) is 5.07. The lowest BCUT2D eigenvalue weighted by Gasteiger charge is -2.27. The lowest BCUT2D eigenvalue weighted by atomic mass is 9.89. The SMILES string of the molecule is Cc1noc(C)c1S(=O)(=O)NCC1CCCCC1Br. The predicted molar refractivity (Wildman–Crippen MR) is 75.8 cm³/mol. The first-order valence-corrected chi connectivity index (χ1v) is 8.88. The van der Waals surface area contributed by atoms with E-state index in [1.54, 1.807) is 13.8 Å². The van der Waals surface area contributed by atoms with Gasteiger partial charge in [-0.1, -0.05) is 33.9 Å². The quantitative estimate of drug-likeness (QED) is 0.846. The summed E-state index contributed by atoms with van der Waals surface area (Å²) in [5.41, 5.74) is 0.407. The lowest BCUT2D eigenvalue weighted by Crippen LogP contribution is -2.34. The van der Waals surface area contributed by atoms with Gasteiger partial charge in [-0.25, -0.2) is 13.1 Å². The highest BCUT2D eigenvalue weighted by Crippen LogP contribution is 2.30. The normalized spacial score (nSPS) is 24.6. The Hall–Kier alpha value is -0.400. The molecule has 0 aliphatic heterocycles. The molecule has 0 bridgehead atoms. The monoisotopic (exact) mass is 350 g/mol. The fraction of sp³-hybridized carbons (Fsp3) is 0.750. The first-order chi connectivity index (χ1) is 8.92. The van der Waals surface area contributed by atoms with Crippen LogP contribution in [0.4, 0.5) is 0 Å². The molecule has 0 amide bonds. The number of alkyl halides is 1. The molecule has 1 N–H and O–H groups in total. The van der Waals surface area contributed by atoms with Gasteiger partial charge >= 0.3 is 0 Å². The standard InChI is InChI=1S/C12H19BrN2O3S/c1-8-12(9(2)18-15-8)19(16,17)14-7-10-5-3-4-6-11(10)13/h10-11,14H,3-7H2,1-2H3. The zero-order valence-electron chi connectivity index (χ0n) is 11.1. The highest BCUT2D eigenvalue weighted by atomic mass is 79.9. The Morgan fingerprint density at radius 2 is 2.05 bits per heavy atom. The molecule has 0 radical (unpaired) electrons. The molecule has 0 saturated heterocycles. The van der Waals surface area contributed by atoms with E-state index < -0.39 is 10.0 Å². The molecule has 1 aliphatic rings. The third-order valence-electron chi connectivity index (χ3n) is 3.59. The number of sulfonamides is 1. The van der Waals surface area contributed by atoms with Gasteiger partial charge in [0.05, 0.1) is 0 Å². The average Bonchev–Trinajstić information content (AvgIpc) is 2.69. The van der Waals surface area contributed by atoms with Crippen LogP contribution in [0.15, 0.2) is 9.42 Å². The van der Waals surface area contributed by atoms with Crippen molar-refractivity contribution in [2.24, 2.45) is 5.92 Å². The maximum atomic E-state index is 12.3. The molecule has 0 spiro atoms. The Bertz CT molecular complexity index is 522. The van der Waals surface area contributed by atoms with Crippen LogP contribution in [0, 0.1) is 19.8 Å². The van der Waals surface area contributed by atoms with E-state index in [4.69, 9.17) is 4.52 Å². The van der Waals surface area contributed by atoms with Crippen LogP contribution in [-0.4, -0.2) is 24.9 Å². The fourth-order valence-corrected chi connectivity index (χ4v) is 4.73. The number of hydrogen-bond acceptors (Lipinski definition) is 4. The van der Waals surface area contributed by atoms with E-state index in [1.807, 2.05) is 0 Å². The van der Waals surface area contributed by atoms with Gasteiger partial charge in [-0.3, -0.25) is 0 Å². The minimum atomic E-state index is -3.53. The Kier molecular flexibility index (Phi) is 4.68. The van der Waals surface area contributed by atoms with Crippen molar-refractivity contribution < 1.29 is 12.9 Å². The second-order valence-corrected chi connectivity index (χ2v) is 7.95. The predicted octanol–water partition coefficient (Wildman–Crippen LogP) is 2.52. The molecule has 1 saturated carbocycles. The molecule has 1 fully saturated rings. The minimum Gasteiger partial charge on any atom is -0.360 e. The topological polar surface area (TPSA) is 72.2 Å². The van der Waals surface area contributed by atoms with Crippen LogP contribution in [0.1, 0.15) is 37.1 Å². The Morgan fingerprint density at radius 1 is 1.37 bits per heavy atom. The highest BCUT2D eigenvalue weighted by molar-refractivity contribution is 9.09. The number of aromatic nitrogens is 1. The molecular weight excluding hydrogens is 332 g/mol. The van der Waals surface area contributed by atoms with Crippen molar-refractivity contribution in [3.63, 3.8) is 0 Å². The van der Waals surface area contributed by atoms with E-state index in [-0.39, 0.29) is 4.90 Å². The van der Waals surface area contributed by atoms with Crippen LogP contribution < -0.4 is 4.72 Å². The molecule has 2 atom stereocenters. The van der Waals surface area contributed by atoms with Gasteiger partial charge in [0.2, 0.25) is 10.0 Å². The molecule has 0 aromatic carbocycles. The largest absolute Gasteiger partial charge is 0.360 e. The van der Waals surface area contributed by atoms with Gasteiger partial charge < -0.3 is 4.52 Å². The van der Waals surface area contributed by atoms with Crippen molar-refractivity contribution in [2.45, 2.75) is 49.3 Å². The van der Waals surface area contributed by atoms with Crippen LogP contribution in [-0.2, 0) is 10.0 Å². The third-order valence-corrected chi connectivity index (χ3v) is 6.46. The zero-order valence-corrected chi connectivity index (χ0v) is 13.6. The number of nitrogens with one attached hydrogen (secondary N) is 1. The smallest absolute Gasteiger partial charge is 0.245 e. The van der Waals surface area contributed by atoms with E-state index in [1.165, 1.54) is 12.8 Å². The van der Waals surface area contributed by atoms with Crippen molar-refractivity contribution in [2.75, 3.05) is 6.54 Å². The number of halogens is 1. The summed E-state index contributed by atoms with van der Waals surface area (Å²) in [4.78, 5) is 0.572. The maximum Gasteiger partial charge on any atom is 0.245 e. The Balaban J connectivity index is 2.06. The Labute approximate surface area is 122 Å². The van der Waals surface area contributed by atoms with Crippen molar-refractivity contribution in [3.8, 4) is 0 Å². The molecule has 1 aromatic heterocycles. The van der Waals surface area contributed by atoms with Gasteiger partial charge in [0.15, 0.2) is 5.76 Å². The lowest BCUT2D eigenvalue weighted by molar-refractivity contribution is 0.373. The number of hydrogen-bond donors (Lipinski definition) is 1. The fourth-order valence-electron chi connectivity index (χ4n) is 2.54. The first-order valence-electron chi connectivity index (χ1n) is 6.48. The van der Waals surface area contributed by atoms with Crippen LogP contribution >= 0.6 is 15.9 Å². The van der Waals surface area contributed by atoms with Gasteiger partial charge in [0, 0.05) is 11.4 Å². The van der Waals surface area contributed by atoms with Gasteiger partial charge in [-0.15, -0.1) is 0 Å². The molecule has 19 heavy (non-hydrogen) atoms. The minimum absolute atomic E-state index is 0.175. The van der Waals surface area contributed by atoms with E-state index in [0.717, 1.165) is 12.8 Å². The van der Waals surface area contributed by atoms with Crippen LogP contribution in [0.5, 0.6) is 0 Å². The van der Waals surface area contributed by atoms with Gasteiger partial charge in [-0.05, 0) is 32.6 Å². The van der Waals surface area contributed by atoms with Gasteiger partial charge in [0.1, 0.15) is 10.6 Å². The summed E-state index contributed by atoms with van der Waals surface area (Å²) in [6.45, 7) is 3.71. The summed E-state index contributed by atoms with van der Waals surface area (Å²) in [5, 5.41) is 3.69. The molecule has 5 nitrogen and oxygen atoms in total. The number of aryl methyl sites for hydroxylation is 2. The molecular formula is C12H19BrN2O3S.